The lowest BCUT2D eigenvalue weighted by atomic mass is 10.0. The molecule has 0 amide bonds. The van der Waals surface area contributed by atoms with E-state index in [4.69, 9.17) is 5.84 Å². The van der Waals surface area contributed by atoms with Gasteiger partial charge in [0.1, 0.15) is 0 Å². The predicted molar refractivity (Wildman–Crippen MR) is 81.9 cm³/mol. The second kappa shape index (κ2) is 6.56. The second-order valence-electron chi connectivity index (χ2n) is 4.69. The molecule has 6 heteroatoms. The van der Waals surface area contributed by atoms with Crippen molar-refractivity contribution in [3.63, 3.8) is 0 Å². The zero-order valence-electron chi connectivity index (χ0n) is 10.9. The monoisotopic (exact) mass is 340 g/mol. The minimum Gasteiger partial charge on any atom is -0.271 e. The van der Waals surface area contributed by atoms with Crippen LogP contribution in [0.2, 0.25) is 0 Å². The van der Waals surface area contributed by atoms with Gasteiger partial charge in [-0.25, -0.2) is 0 Å². The summed E-state index contributed by atoms with van der Waals surface area (Å²) in [5, 5.41) is 4.21. The van der Waals surface area contributed by atoms with Crippen molar-refractivity contribution in [2.24, 2.45) is 5.84 Å². The third-order valence-corrected chi connectivity index (χ3v) is 4.61. The normalized spacial score (nSPS) is 12.9. The zero-order valence-corrected chi connectivity index (χ0v) is 13.3. The lowest BCUT2D eigenvalue weighted by Gasteiger charge is -2.17. The Morgan fingerprint density at radius 3 is 2.74 bits per heavy atom. The molecule has 19 heavy (non-hydrogen) atoms. The van der Waals surface area contributed by atoms with E-state index in [-0.39, 0.29) is 6.04 Å². The fourth-order valence-electron chi connectivity index (χ4n) is 1.96. The molecule has 1 heterocycles. The van der Waals surface area contributed by atoms with Gasteiger partial charge in [0, 0.05) is 4.47 Å². The maximum Gasteiger partial charge on any atom is 0.0829 e. The van der Waals surface area contributed by atoms with Gasteiger partial charge in [-0.15, -0.1) is 5.10 Å². The molecule has 0 fully saturated rings. The number of nitrogens with one attached hydrogen (secondary N) is 1. The molecule has 4 nitrogen and oxygen atoms in total. The summed E-state index contributed by atoms with van der Waals surface area (Å²) in [5.41, 5.74) is 5.13. The van der Waals surface area contributed by atoms with Crippen LogP contribution < -0.4 is 11.3 Å². The van der Waals surface area contributed by atoms with Crippen molar-refractivity contribution in [3.05, 3.63) is 44.9 Å². The van der Waals surface area contributed by atoms with Crippen LogP contribution in [0.4, 0.5) is 0 Å². The van der Waals surface area contributed by atoms with Crippen LogP contribution in [0.15, 0.2) is 28.7 Å². The Kier molecular flexibility index (Phi) is 5.04. The minimum absolute atomic E-state index is 0.0381. The van der Waals surface area contributed by atoms with E-state index >= 15 is 0 Å². The van der Waals surface area contributed by atoms with Gasteiger partial charge in [-0.1, -0.05) is 52.5 Å². The van der Waals surface area contributed by atoms with Gasteiger partial charge in [0.2, 0.25) is 0 Å². The van der Waals surface area contributed by atoms with E-state index in [1.807, 2.05) is 18.2 Å². The molecule has 0 aliphatic carbocycles. The van der Waals surface area contributed by atoms with E-state index < -0.39 is 0 Å². The van der Waals surface area contributed by atoms with Crippen LogP contribution in [0, 0.1) is 0 Å². The van der Waals surface area contributed by atoms with Gasteiger partial charge in [-0.3, -0.25) is 11.3 Å². The first-order chi connectivity index (χ1) is 9.13. The molecule has 1 atom stereocenters. The first kappa shape index (κ1) is 14.6. The number of nitrogens with two attached hydrogens (primary N) is 1. The summed E-state index contributed by atoms with van der Waals surface area (Å²) in [6.07, 6.45) is 0.807. The summed E-state index contributed by atoms with van der Waals surface area (Å²) in [4.78, 5) is 1.12. The maximum absolute atomic E-state index is 5.72. The van der Waals surface area contributed by atoms with Crippen molar-refractivity contribution in [2.75, 3.05) is 0 Å². The number of nitrogens with zero attached hydrogens (tertiary/aromatic N) is 2. The minimum atomic E-state index is 0.0381. The Balaban J connectivity index is 2.26. The van der Waals surface area contributed by atoms with Crippen LogP contribution in [0.3, 0.4) is 0 Å². The summed E-state index contributed by atoms with van der Waals surface area (Å²) < 4.78 is 5.16. The number of aromatic nitrogens is 2. The molecule has 0 bridgehead atoms. The number of halogens is 1. The SMILES string of the molecule is CC(C)c1nnsc1C(Cc1ccccc1Br)NN. The number of benzene rings is 1. The topological polar surface area (TPSA) is 63.8 Å². The van der Waals surface area contributed by atoms with E-state index in [0.717, 1.165) is 21.5 Å². The molecule has 102 valence electrons. The Hall–Kier alpha value is -0.820. The number of rotatable bonds is 5. The van der Waals surface area contributed by atoms with E-state index in [2.05, 4.69) is 50.9 Å². The summed E-state index contributed by atoms with van der Waals surface area (Å²) in [6, 6.07) is 8.21. The Labute approximate surface area is 125 Å². The van der Waals surface area contributed by atoms with Crippen LogP contribution >= 0.6 is 27.5 Å². The molecule has 2 aromatic rings. The number of hydrogen-bond donors (Lipinski definition) is 2. The van der Waals surface area contributed by atoms with Gasteiger partial charge in [-0.05, 0) is 35.5 Å². The van der Waals surface area contributed by atoms with Gasteiger partial charge >= 0.3 is 0 Å². The molecular formula is C13H17BrN4S. The van der Waals surface area contributed by atoms with Crippen molar-refractivity contribution >= 4 is 27.5 Å². The molecule has 0 aliphatic heterocycles. The molecule has 1 aromatic carbocycles. The fourth-order valence-corrected chi connectivity index (χ4v) is 3.27. The maximum atomic E-state index is 5.72. The van der Waals surface area contributed by atoms with E-state index in [1.54, 1.807) is 0 Å². The zero-order chi connectivity index (χ0) is 13.8. The predicted octanol–water partition coefficient (Wildman–Crippen LogP) is 3.17. The summed E-state index contributed by atoms with van der Waals surface area (Å²) in [5.74, 6) is 6.07. The van der Waals surface area contributed by atoms with Crippen molar-refractivity contribution in [3.8, 4) is 0 Å². The molecule has 2 rings (SSSR count). The van der Waals surface area contributed by atoms with Gasteiger partial charge in [-0.2, -0.15) is 0 Å². The van der Waals surface area contributed by atoms with Crippen LogP contribution in [0.25, 0.3) is 0 Å². The van der Waals surface area contributed by atoms with Crippen molar-refractivity contribution in [1.82, 2.24) is 15.0 Å². The standard InChI is InChI=1S/C13H17BrN4S/c1-8(2)12-13(19-18-17-12)11(16-15)7-9-5-3-4-6-10(9)14/h3-6,8,11,16H,7,15H2,1-2H3. The second-order valence-corrected chi connectivity index (χ2v) is 6.33. The van der Waals surface area contributed by atoms with Gasteiger partial charge in [0.25, 0.3) is 0 Å². The lowest BCUT2D eigenvalue weighted by molar-refractivity contribution is 0.550. The summed E-state index contributed by atoms with van der Waals surface area (Å²) in [7, 11) is 0. The molecule has 1 unspecified atom stereocenters. The highest BCUT2D eigenvalue weighted by Gasteiger charge is 2.21. The smallest absolute Gasteiger partial charge is 0.0829 e. The van der Waals surface area contributed by atoms with Crippen LogP contribution in [0.5, 0.6) is 0 Å². The highest BCUT2D eigenvalue weighted by molar-refractivity contribution is 9.10. The Bertz CT molecular complexity index is 541. The Morgan fingerprint density at radius 1 is 1.37 bits per heavy atom. The first-order valence-electron chi connectivity index (χ1n) is 6.15. The number of hydrazine groups is 1. The van der Waals surface area contributed by atoms with Gasteiger partial charge in [0.15, 0.2) is 0 Å². The van der Waals surface area contributed by atoms with Crippen molar-refractivity contribution < 1.29 is 0 Å². The van der Waals surface area contributed by atoms with Crippen LogP contribution in [-0.2, 0) is 6.42 Å². The molecular weight excluding hydrogens is 324 g/mol. The first-order valence-corrected chi connectivity index (χ1v) is 7.71. The highest BCUT2D eigenvalue weighted by atomic mass is 79.9. The Morgan fingerprint density at radius 2 is 2.11 bits per heavy atom. The largest absolute Gasteiger partial charge is 0.271 e. The van der Waals surface area contributed by atoms with E-state index in [9.17, 15) is 0 Å². The molecule has 0 aliphatic rings. The number of hydrogen-bond acceptors (Lipinski definition) is 5. The van der Waals surface area contributed by atoms with Crippen LogP contribution in [0.1, 0.15) is 41.9 Å². The molecule has 0 spiro atoms. The molecule has 0 saturated carbocycles. The van der Waals surface area contributed by atoms with Gasteiger partial charge in [0.05, 0.1) is 16.6 Å². The molecule has 1 aromatic heterocycles. The molecule has 3 N–H and O–H groups in total. The third-order valence-electron chi connectivity index (χ3n) is 2.99. The lowest BCUT2D eigenvalue weighted by Crippen LogP contribution is -2.29. The van der Waals surface area contributed by atoms with E-state index in [0.29, 0.717) is 5.92 Å². The summed E-state index contributed by atoms with van der Waals surface area (Å²) >= 11 is 4.99. The van der Waals surface area contributed by atoms with E-state index in [1.165, 1.54) is 17.1 Å². The summed E-state index contributed by atoms with van der Waals surface area (Å²) in [6.45, 7) is 4.23. The molecule has 0 radical (unpaired) electrons. The average molecular weight is 341 g/mol. The van der Waals surface area contributed by atoms with Crippen molar-refractivity contribution in [1.29, 1.82) is 0 Å². The fraction of sp³-hybridized carbons (Fsp3) is 0.385. The third kappa shape index (κ3) is 3.39. The highest BCUT2D eigenvalue weighted by Crippen LogP contribution is 2.29. The quantitative estimate of drug-likeness (QED) is 0.648. The average Bonchev–Trinajstić information content (AvgIpc) is 2.87. The van der Waals surface area contributed by atoms with Crippen molar-refractivity contribution in [2.45, 2.75) is 32.2 Å². The van der Waals surface area contributed by atoms with Crippen LogP contribution in [-0.4, -0.2) is 9.59 Å². The van der Waals surface area contributed by atoms with Gasteiger partial charge < -0.3 is 0 Å². The molecule has 0 saturated heterocycles.